The Hall–Kier alpha value is -2.39. The maximum absolute atomic E-state index is 12.6. The molecule has 0 aromatic heterocycles. The van der Waals surface area contributed by atoms with Crippen molar-refractivity contribution in [2.45, 2.75) is 17.9 Å². The van der Waals surface area contributed by atoms with Crippen LogP contribution in [0.25, 0.3) is 0 Å². The molecule has 0 aliphatic heterocycles. The number of thioether (sulfide) groups is 1. The van der Waals surface area contributed by atoms with Crippen molar-refractivity contribution in [3.8, 4) is 11.5 Å². The maximum Gasteiger partial charge on any atom is 0.243 e. The first-order chi connectivity index (χ1) is 13.8. The highest BCUT2D eigenvalue weighted by atomic mass is 32.2. The number of methoxy groups -OCH3 is 2. The summed E-state index contributed by atoms with van der Waals surface area (Å²) in [4.78, 5) is 13.7. The summed E-state index contributed by atoms with van der Waals surface area (Å²) in [6.07, 6.45) is 1.07. The van der Waals surface area contributed by atoms with Gasteiger partial charge in [0.05, 0.1) is 26.2 Å². The van der Waals surface area contributed by atoms with Crippen LogP contribution in [0.1, 0.15) is 6.92 Å². The number of amides is 1. The summed E-state index contributed by atoms with van der Waals surface area (Å²) >= 11 is 1.62. The number of benzene rings is 2. The lowest BCUT2D eigenvalue weighted by atomic mass is 10.2. The molecule has 9 heteroatoms. The SMILES string of the molecule is COc1ccc(N([C@H](C)C(=O)NCCSc2ccccc2)S(C)(=O)=O)cc1OC. The van der Waals surface area contributed by atoms with Gasteiger partial charge in [0, 0.05) is 23.3 Å². The zero-order chi connectivity index (χ0) is 21.4. The highest BCUT2D eigenvalue weighted by Crippen LogP contribution is 2.33. The first-order valence-electron chi connectivity index (χ1n) is 8.95. The minimum Gasteiger partial charge on any atom is -0.493 e. The van der Waals surface area contributed by atoms with Gasteiger partial charge in [-0.25, -0.2) is 8.42 Å². The number of nitrogens with zero attached hydrogens (tertiary/aromatic N) is 1. The first-order valence-corrected chi connectivity index (χ1v) is 11.8. The molecule has 1 atom stereocenters. The molecule has 0 radical (unpaired) electrons. The lowest BCUT2D eigenvalue weighted by Gasteiger charge is -2.28. The van der Waals surface area contributed by atoms with Gasteiger partial charge in [-0.2, -0.15) is 0 Å². The molecule has 1 N–H and O–H groups in total. The number of carbonyl (C=O) groups is 1. The molecule has 1 amide bonds. The van der Waals surface area contributed by atoms with Crippen molar-refractivity contribution in [2.24, 2.45) is 0 Å². The Morgan fingerprint density at radius 2 is 1.76 bits per heavy atom. The van der Waals surface area contributed by atoms with Crippen molar-refractivity contribution in [1.82, 2.24) is 5.32 Å². The maximum atomic E-state index is 12.6. The molecular formula is C20H26N2O5S2. The summed E-state index contributed by atoms with van der Waals surface area (Å²) in [5.74, 6) is 1.15. The van der Waals surface area contributed by atoms with Gasteiger partial charge in [-0.3, -0.25) is 9.10 Å². The zero-order valence-corrected chi connectivity index (χ0v) is 18.5. The second-order valence-corrected chi connectivity index (χ2v) is 9.25. The molecule has 0 unspecified atom stereocenters. The number of nitrogens with one attached hydrogen (secondary N) is 1. The molecule has 0 bridgehead atoms. The summed E-state index contributed by atoms with van der Waals surface area (Å²) in [5, 5.41) is 2.80. The van der Waals surface area contributed by atoms with E-state index in [1.54, 1.807) is 30.8 Å². The van der Waals surface area contributed by atoms with E-state index >= 15 is 0 Å². The Kier molecular flexibility index (Phi) is 8.21. The van der Waals surface area contributed by atoms with Gasteiger partial charge in [0.25, 0.3) is 0 Å². The van der Waals surface area contributed by atoms with Crippen molar-refractivity contribution in [3.05, 3.63) is 48.5 Å². The lowest BCUT2D eigenvalue weighted by Crippen LogP contribution is -2.48. The summed E-state index contributed by atoms with van der Waals surface area (Å²) in [5.41, 5.74) is 0.325. The topological polar surface area (TPSA) is 84.9 Å². The minimum atomic E-state index is -3.71. The minimum absolute atomic E-state index is 0.325. The van der Waals surface area contributed by atoms with Crippen LogP contribution >= 0.6 is 11.8 Å². The second kappa shape index (κ2) is 10.4. The molecular weight excluding hydrogens is 412 g/mol. The van der Waals surface area contributed by atoms with E-state index in [2.05, 4.69) is 5.32 Å². The smallest absolute Gasteiger partial charge is 0.243 e. The predicted molar refractivity (Wildman–Crippen MR) is 117 cm³/mol. The fourth-order valence-electron chi connectivity index (χ4n) is 2.78. The van der Waals surface area contributed by atoms with Crippen LogP contribution < -0.4 is 19.1 Å². The highest BCUT2D eigenvalue weighted by Gasteiger charge is 2.29. The van der Waals surface area contributed by atoms with E-state index in [0.717, 1.165) is 15.5 Å². The fourth-order valence-corrected chi connectivity index (χ4v) is 4.73. The van der Waals surface area contributed by atoms with Crippen molar-refractivity contribution in [2.75, 3.05) is 37.1 Å². The molecule has 2 rings (SSSR count). The summed E-state index contributed by atoms with van der Waals surface area (Å²) < 4.78 is 36.4. The average molecular weight is 439 g/mol. The van der Waals surface area contributed by atoms with Gasteiger partial charge in [0.1, 0.15) is 6.04 Å². The molecule has 0 saturated carbocycles. The number of hydrogen-bond donors (Lipinski definition) is 1. The van der Waals surface area contributed by atoms with Gasteiger partial charge in [-0.15, -0.1) is 11.8 Å². The quantitative estimate of drug-likeness (QED) is 0.454. The van der Waals surface area contributed by atoms with E-state index < -0.39 is 16.1 Å². The number of anilines is 1. The van der Waals surface area contributed by atoms with E-state index in [-0.39, 0.29) is 5.91 Å². The monoisotopic (exact) mass is 438 g/mol. The van der Waals surface area contributed by atoms with Gasteiger partial charge in [0.2, 0.25) is 15.9 Å². The Balaban J connectivity index is 2.08. The molecule has 2 aromatic carbocycles. The van der Waals surface area contributed by atoms with Gasteiger partial charge < -0.3 is 14.8 Å². The first kappa shape index (κ1) is 22.9. The predicted octanol–water partition coefficient (Wildman–Crippen LogP) is 2.77. The van der Waals surface area contributed by atoms with Gasteiger partial charge in [-0.1, -0.05) is 18.2 Å². The van der Waals surface area contributed by atoms with Crippen LogP contribution in [0.2, 0.25) is 0 Å². The molecule has 0 fully saturated rings. The molecule has 0 aliphatic rings. The van der Waals surface area contributed by atoms with Crippen molar-refractivity contribution in [3.63, 3.8) is 0 Å². The van der Waals surface area contributed by atoms with Gasteiger partial charge in [-0.05, 0) is 31.2 Å². The Labute approximate surface area is 176 Å². The van der Waals surface area contributed by atoms with E-state index in [4.69, 9.17) is 9.47 Å². The molecule has 0 heterocycles. The van der Waals surface area contributed by atoms with Crippen LogP contribution in [-0.2, 0) is 14.8 Å². The number of sulfonamides is 1. The summed E-state index contributed by atoms with van der Waals surface area (Å²) in [6.45, 7) is 1.98. The van der Waals surface area contributed by atoms with Crippen molar-refractivity contribution in [1.29, 1.82) is 0 Å². The van der Waals surface area contributed by atoms with E-state index in [0.29, 0.717) is 29.5 Å². The summed E-state index contributed by atoms with van der Waals surface area (Å²) in [6, 6.07) is 13.6. The number of rotatable bonds is 10. The largest absolute Gasteiger partial charge is 0.493 e. The molecule has 0 spiro atoms. The molecule has 0 saturated heterocycles. The van der Waals surface area contributed by atoms with Crippen LogP contribution in [0.5, 0.6) is 11.5 Å². The van der Waals surface area contributed by atoms with Crippen LogP contribution in [0.4, 0.5) is 5.69 Å². The van der Waals surface area contributed by atoms with Gasteiger partial charge >= 0.3 is 0 Å². The second-order valence-electron chi connectivity index (χ2n) is 6.23. The molecule has 29 heavy (non-hydrogen) atoms. The summed E-state index contributed by atoms with van der Waals surface area (Å²) in [7, 11) is -0.749. The van der Waals surface area contributed by atoms with Crippen LogP contribution in [0, 0.1) is 0 Å². The van der Waals surface area contributed by atoms with Crippen LogP contribution in [0.3, 0.4) is 0 Å². The van der Waals surface area contributed by atoms with E-state index in [1.807, 2.05) is 30.3 Å². The Bertz CT molecular complexity index is 920. The molecule has 158 valence electrons. The Morgan fingerprint density at radius 1 is 1.10 bits per heavy atom. The number of hydrogen-bond acceptors (Lipinski definition) is 6. The third kappa shape index (κ3) is 6.30. The zero-order valence-electron chi connectivity index (χ0n) is 16.9. The average Bonchev–Trinajstić information content (AvgIpc) is 2.70. The molecule has 0 aliphatic carbocycles. The highest BCUT2D eigenvalue weighted by molar-refractivity contribution is 7.99. The third-order valence-corrected chi connectivity index (χ3v) is 6.38. The van der Waals surface area contributed by atoms with Crippen molar-refractivity contribution < 1.29 is 22.7 Å². The van der Waals surface area contributed by atoms with Crippen LogP contribution in [-0.4, -0.2) is 53.1 Å². The van der Waals surface area contributed by atoms with Crippen LogP contribution in [0.15, 0.2) is 53.4 Å². The Morgan fingerprint density at radius 3 is 2.34 bits per heavy atom. The normalized spacial score (nSPS) is 12.1. The lowest BCUT2D eigenvalue weighted by molar-refractivity contribution is -0.121. The van der Waals surface area contributed by atoms with Crippen molar-refractivity contribution >= 4 is 33.4 Å². The fraction of sp³-hybridized carbons (Fsp3) is 0.350. The third-order valence-electron chi connectivity index (χ3n) is 4.12. The number of ether oxygens (including phenoxy) is 2. The van der Waals surface area contributed by atoms with E-state index in [1.165, 1.54) is 20.3 Å². The molecule has 7 nitrogen and oxygen atoms in total. The number of carbonyl (C=O) groups excluding carboxylic acids is 1. The molecule has 2 aromatic rings. The van der Waals surface area contributed by atoms with Gasteiger partial charge in [0.15, 0.2) is 11.5 Å². The van der Waals surface area contributed by atoms with E-state index in [9.17, 15) is 13.2 Å². The standard InChI is InChI=1S/C20H26N2O5S2/c1-15(20(23)21-12-13-28-17-8-6-5-7-9-17)22(29(4,24)25)16-10-11-18(26-2)19(14-16)27-3/h5-11,14-15H,12-13H2,1-4H3,(H,21,23)/t15-/m1/s1.